The Bertz CT molecular complexity index is 513. The summed E-state index contributed by atoms with van der Waals surface area (Å²) in [6.45, 7) is 4.37. The highest BCUT2D eigenvalue weighted by molar-refractivity contribution is 14.0. The summed E-state index contributed by atoms with van der Waals surface area (Å²) in [5.74, 6) is 0.801. The van der Waals surface area contributed by atoms with Gasteiger partial charge in [0.1, 0.15) is 0 Å². The van der Waals surface area contributed by atoms with Crippen molar-refractivity contribution in [3.63, 3.8) is 0 Å². The summed E-state index contributed by atoms with van der Waals surface area (Å²) < 4.78 is 4.81. The molecule has 0 aliphatic carbocycles. The van der Waals surface area contributed by atoms with Crippen LogP contribution >= 0.6 is 35.3 Å². The van der Waals surface area contributed by atoms with Crippen molar-refractivity contribution in [2.45, 2.75) is 26.3 Å². The Morgan fingerprint density at radius 2 is 2.23 bits per heavy atom. The van der Waals surface area contributed by atoms with Crippen molar-refractivity contribution < 1.29 is 9.53 Å². The van der Waals surface area contributed by atoms with Gasteiger partial charge in [0.05, 0.1) is 24.6 Å². The number of aryl methyl sites for hydroxylation is 1. The van der Waals surface area contributed by atoms with Gasteiger partial charge in [0.25, 0.3) is 0 Å². The molecule has 0 aromatic carbocycles. The van der Waals surface area contributed by atoms with Gasteiger partial charge in [-0.1, -0.05) is 0 Å². The maximum atomic E-state index is 11.5. The van der Waals surface area contributed by atoms with Gasteiger partial charge < -0.3 is 15.0 Å². The van der Waals surface area contributed by atoms with Crippen LogP contribution in [0.5, 0.6) is 0 Å². The molecule has 1 saturated heterocycles. The van der Waals surface area contributed by atoms with E-state index in [0.717, 1.165) is 43.4 Å². The second-order valence-electron chi connectivity index (χ2n) is 5.03. The fraction of sp³-hybridized carbons (Fsp3) is 0.643. The number of esters is 1. The largest absolute Gasteiger partial charge is 0.469 e. The first-order valence-electron chi connectivity index (χ1n) is 7.08. The summed E-state index contributed by atoms with van der Waals surface area (Å²) in [7, 11) is 3.24. The SMILES string of the molecule is CN=C(NCc1cnc(C)s1)N1CCC(C(=O)OC)CC1.I. The lowest BCUT2D eigenvalue weighted by molar-refractivity contribution is -0.146. The number of piperidine rings is 1. The standard InChI is InChI=1S/C14H22N4O2S.HI/c1-10-16-8-12(21-10)9-17-14(15-2)18-6-4-11(5-7-18)13(19)20-3;/h8,11H,4-7,9H2,1-3H3,(H,15,17);1H. The Morgan fingerprint density at radius 1 is 1.55 bits per heavy atom. The number of hydrogen-bond donors (Lipinski definition) is 1. The minimum absolute atomic E-state index is 0. The zero-order chi connectivity index (χ0) is 15.2. The molecular weight excluding hydrogens is 415 g/mol. The Balaban J connectivity index is 0.00000242. The van der Waals surface area contributed by atoms with Crippen molar-refractivity contribution in [1.82, 2.24) is 15.2 Å². The van der Waals surface area contributed by atoms with Crippen molar-refractivity contribution in [3.8, 4) is 0 Å². The average Bonchev–Trinajstić information content (AvgIpc) is 2.93. The number of halogens is 1. The Morgan fingerprint density at radius 3 is 2.73 bits per heavy atom. The molecule has 0 spiro atoms. The van der Waals surface area contributed by atoms with Crippen LogP contribution in [0.4, 0.5) is 0 Å². The van der Waals surface area contributed by atoms with Crippen LogP contribution in [-0.4, -0.2) is 49.1 Å². The Kier molecular flexibility index (Phi) is 8.08. The number of nitrogens with one attached hydrogen (secondary N) is 1. The molecule has 1 aromatic heterocycles. The molecule has 2 heterocycles. The van der Waals surface area contributed by atoms with Crippen LogP contribution < -0.4 is 5.32 Å². The molecule has 0 radical (unpaired) electrons. The van der Waals surface area contributed by atoms with E-state index in [-0.39, 0.29) is 35.9 Å². The summed E-state index contributed by atoms with van der Waals surface area (Å²) in [5, 5.41) is 4.43. The van der Waals surface area contributed by atoms with E-state index < -0.39 is 0 Å². The van der Waals surface area contributed by atoms with Gasteiger partial charge in [0.15, 0.2) is 5.96 Å². The van der Waals surface area contributed by atoms with Crippen LogP contribution in [0.1, 0.15) is 22.7 Å². The third-order valence-electron chi connectivity index (χ3n) is 3.63. The van der Waals surface area contributed by atoms with E-state index in [4.69, 9.17) is 4.74 Å². The lowest BCUT2D eigenvalue weighted by atomic mass is 9.97. The predicted molar refractivity (Wildman–Crippen MR) is 98.8 cm³/mol. The summed E-state index contributed by atoms with van der Waals surface area (Å²) in [6, 6.07) is 0. The van der Waals surface area contributed by atoms with Gasteiger partial charge in [-0.05, 0) is 19.8 Å². The third-order valence-corrected chi connectivity index (χ3v) is 4.54. The lowest BCUT2D eigenvalue weighted by Gasteiger charge is -2.33. The van der Waals surface area contributed by atoms with Gasteiger partial charge in [0.2, 0.25) is 0 Å². The van der Waals surface area contributed by atoms with Crippen molar-refractivity contribution in [3.05, 3.63) is 16.1 Å². The minimum Gasteiger partial charge on any atom is -0.469 e. The summed E-state index contributed by atoms with van der Waals surface area (Å²) in [5.41, 5.74) is 0. The molecule has 6 nitrogen and oxygen atoms in total. The van der Waals surface area contributed by atoms with E-state index >= 15 is 0 Å². The van der Waals surface area contributed by atoms with Crippen molar-refractivity contribution in [1.29, 1.82) is 0 Å². The predicted octanol–water partition coefficient (Wildman–Crippen LogP) is 2.03. The van der Waals surface area contributed by atoms with Crippen LogP contribution in [0.3, 0.4) is 0 Å². The molecule has 1 aromatic rings. The van der Waals surface area contributed by atoms with Gasteiger partial charge in [-0.25, -0.2) is 4.98 Å². The second-order valence-corrected chi connectivity index (χ2v) is 6.35. The summed E-state index contributed by atoms with van der Waals surface area (Å²) in [4.78, 5) is 23.5. The van der Waals surface area contributed by atoms with Gasteiger partial charge in [-0.15, -0.1) is 35.3 Å². The van der Waals surface area contributed by atoms with Crippen molar-refractivity contribution in [2.24, 2.45) is 10.9 Å². The number of rotatable bonds is 3. The van der Waals surface area contributed by atoms with Crippen LogP contribution in [0.15, 0.2) is 11.2 Å². The topological polar surface area (TPSA) is 66.8 Å². The molecule has 0 saturated carbocycles. The molecule has 8 heteroatoms. The van der Waals surface area contributed by atoms with Crippen LogP contribution in [0.2, 0.25) is 0 Å². The number of aliphatic imine (C=N–C) groups is 1. The first kappa shape index (κ1) is 19.1. The Labute approximate surface area is 152 Å². The normalized spacial score (nSPS) is 16.1. The smallest absolute Gasteiger partial charge is 0.308 e. The van der Waals surface area contributed by atoms with Crippen LogP contribution in [0.25, 0.3) is 0 Å². The van der Waals surface area contributed by atoms with Gasteiger partial charge in [-0.2, -0.15) is 0 Å². The molecule has 1 fully saturated rings. The summed E-state index contributed by atoms with van der Waals surface area (Å²) in [6.07, 6.45) is 3.52. The molecule has 1 aliphatic rings. The molecule has 1 N–H and O–H groups in total. The van der Waals surface area contributed by atoms with Gasteiger partial charge in [0, 0.05) is 31.2 Å². The molecule has 0 unspecified atom stereocenters. The quantitative estimate of drug-likeness (QED) is 0.339. The van der Waals surface area contributed by atoms with Gasteiger partial charge >= 0.3 is 5.97 Å². The second kappa shape index (κ2) is 9.29. The highest BCUT2D eigenvalue weighted by Gasteiger charge is 2.26. The molecular formula is C14H23IN4O2S. The highest BCUT2D eigenvalue weighted by atomic mass is 127. The van der Waals surface area contributed by atoms with E-state index in [9.17, 15) is 4.79 Å². The average molecular weight is 438 g/mol. The fourth-order valence-electron chi connectivity index (χ4n) is 2.48. The number of thiazole rings is 1. The number of aromatic nitrogens is 1. The fourth-order valence-corrected chi connectivity index (χ4v) is 3.21. The number of carbonyl (C=O) groups excluding carboxylic acids is 1. The number of nitrogens with zero attached hydrogens (tertiary/aromatic N) is 3. The molecule has 1 aliphatic heterocycles. The monoisotopic (exact) mass is 438 g/mol. The maximum absolute atomic E-state index is 11.5. The number of hydrogen-bond acceptors (Lipinski definition) is 5. The van der Waals surface area contributed by atoms with E-state index in [1.165, 1.54) is 12.0 Å². The van der Waals surface area contributed by atoms with Crippen LogP contribution in [0, 0.1) is 12.8 Å². The number of ether oxygens (including phenoxy) is 1. The molecule has 124 valence electrons. The zero-order valence-electron chi connectivity index (χ0n) is 13.2. The number of methoxy groups -OCH3 is 1. The molecule has 0 atom stereocenters. The van der Waals surface area contributed by atoms with E-state index in [2.05, 4.69) is 20.2 Å². The van der Waals surface area contributed by atoms with Crippen molar-refractivity contribution >= 4 is 47.2 Å². The molecule has 0 amide bonds. The minimum atomic E-state index is -0.0993. The molecule has 0 bridgehead atoms. The first-order chi connectivity index (χ1) is 10.1. The third kappa shape index (κ3) is 5.08. The highest BCUT2D eigenvalue weighted by Crippen LogP contribution is 2.18. The molecule has 22 heavy (non-hydrogen) atoms. The van der Waals surface area contributed by atoms with Crippen molar-refractivity contribution in [2.75, 3.05) is 27.2 Å². The van der Waals surface area contributed by atoms with E-state index in [1.54, 1.807) is 18.4 Å². The summed E-state index contributed by atoms with van der Waals surface area (Å²) >= 11 is 1.69. The van der Waals surface area contributed by atoms with E-state index in [0.29, 0.717) is 0 Å². The number of guanidine groups is 1. The van der Waals surface area contributed by atoms with Gasteiger partial charge in [-0.3, -0.25) is 9.79 Å². The van der Waals surface area contributed by atoms with Crippen LogP contribution in [-0.2, 0) is 16.1 Å². The zero-order valence-corrected chi connectivity index (χ0v) is 16.3. The number of likely N-dealkylation sites (tertiary alicyclic amines) is 1. The lowest BCUT2D eigenvalue weighted by Crippen LogP contribution is -2.46. The Hall–Kier alpha value is -0.900. The maximum Gasteiger partial charge on any atom is 0.308 e. The first-order valence-corrected chi connectivity index (χ1v) is 7.90. The van der Waals surface area contributed by atoms with E-state index in [1.807, 2.05) is 13.1 Å². The number of carbonyl (C=O) groups is 1. The molecule has 2 rings (SSSR count).